The van der Waals surface area contributed by atoms with Gasteiger partial charge in [0.1, 0.15) is 6.04 Å². The molecule has 0 aliphatic rings. The van der Waals surface area contributed by atoms with Crippen LogP contribution in [0.25, 0.3) is 10.4 Å². The number of ether oxygens (including phenoxy) is 2. The fourth-order valence-corrected chi connectivity index (χ4v) is 0.654. The Morgan fingerprint density at radius 3 is 2.36 bits per heavy atom. The summed E-state index contributed by atoms with van der Waals surface area (Å²) in [7, 11) is 2.81. The largest absolute Gasteiger partial charge is 0.396 e. The molecule has 0 aromatic carbocycles. The second-order valence-electron chi connectivity index (χ2n) is 1.79. The predicted octanol–water partition coefficient (Wildman–Crippen LogP) is 0.276. The molecule has 6 heteroatoms. The van der Waals surface area contributed by atoms with Crippen molar-refractivity contribution in [3.63, 3.8) is 0 Å². The lowest BCUT2D eigenvalue weighted by Crippen LogP contribution is -2.30. The predicted molar refractivity (Wildman–Crippen MR) is 37.8 cm³/mol. The molecule has 0 aliphatic carbocycles. The van der Waals surface area contributed by atoms with Crippen molar-refractivity contribution < 1.29 is 14.6 Å². The van der Waals surface area contributed by atoms with Crippen molar-refractivity contribution in [2.24, 2.45) is 5.11 Å². The normalized spacial score (nSPS) is 12.7. The minimum atomic E-state index is -0.685. The molecule has 0 amide bonds. The minimum absolute atomic E-state index is 0.295. The van der Waals surface area contributed by atoms with E-state index in [1.54, 1.807) is 0 Å². The van der Waals surface area contributed by atoms with Crippen LogP contribution in [0.1, 0.15) is 0 Å². The van der Waals surface area contributed by atoms with E-state index < -0.39 is 12.3 Å². The van der Waals surface area contributed by atoms with Gasteiger partial charge >= 0.3 is 0 Å². The fourth-order valence-electron chi connectivity index (χ4n) is 0.654. The summed E-state index contributed by atoms with van der Waals surface area (Å²) < 4.78 is 9.52. The Labute approximate surface area is 64.4 Å². The van der Waals surface area contributed by atoms with Crippen LogP contribution >= 0.6 is 0 Å². The molecule has 11 heavy (non-hydrogen) atoms. The van der Waals surface area contributed by atoms with Crippen molar-refractivity contribution in [2.45, 2.75) is 12.3 Å². The number of rotatable bonds is 5. The molecule has 0 aromatic heterocycles. The molecule has 0 fully saturated rings. The van der Waals surface area contributed by atoms with Crippen LogP contribution in [-0.4, -0.2) is 38.3 Å². The van der Waals surface area contributed by atoms with Gasteiger partial charge in [-0.05, 0) is 5.53 Å². The summed E-state index contributed by atoms with van der Waals surface area (Å²) in [5.74, 6) is 0. The first kappa shape index (κ1) is 10.2. The summed E-state index contributed by atoms with van der Waals surface area (Å²) in [4.78, 5) is 2.53. The van der Waals surface area contributed by atoms with Crippen molar-refractivity contribution in [1.82, 2.24) is 0 Å². The third-order valence-corrected chi connectivity index (χ3v) is 1.17. The van der Waals surface area contributed by atoms with Gasteiger partial charge in [-0.1, -0.05) is 5.11 Å². The van der Waals surface area contributed by atoms with Crippen LogP contribution in [0, 0.1) is 0 Å². The first-order chi connectivity index (χ1) is 5.29. The van der Waals surface area contributed by atoms with Crippen molar-refractivity contribution in [3.05, 3.63) is 10.4 Å². The van der Waals surface area contributed by atoms with Crippen LogP contribution in [0.3, 0.4) is 0 Å². The topological polar surface area (TPSA) is 87.5 Å². The van der Waals surface area contributed by atoms with E-state index in [2.05, 4.69) is 10.0 Å². The Bertz CT molecular complexity index is 142. The summed E-state index contributed by atoms with van der Waals surface area (Å²) in [6.45, 7) is -0.295. The zero-order chi connectivity index (χ0) is 8.69. The molecule has 0 rings (SSSR count). The molecule has 1 atom stereocenters. The number of nitrogens with zero attached hydrogens (tertiary/aromatic N) is 3. The summed E-state index contributed by atoms with van der Waals surface area (Å²) in [5, 5.41) is 11.9. The van der Waals surface area contributed by atoms with Gasteiger partial charge < -0.3 is 14.6 Å². The third kappa shape index (κ3) is 3.20. The maximum Gasteiger partial charge on any atom is 0.167 e. The Hall–Kier alpha value is -0.810. The molecule has 0 saturated carbocycles. The van der Waals surface area contributed by atoms with Crippen LogP contribution in [0.5, 0.6) is 0 Å². The Morgan fingerprint density at radius 1 is 1.55 bits per heavy atom. The molecule has 64 valence electrons. The molecule has 0 spiro atoms. The molecule has 0 saturated heterocycles. The van der Waals surface area contributed by atoms with Gasteiger partial charge in [-0.15, -0.1) is 0 Å². The van der Waals surface area contributed by atoms with Crippen molar-refractivity contribution in [2.75, 3.05) is 20.8 Å². The first-order valence-corrected chi connectivity index (χ1v) is 3.00. The summed E-state index contributed by atoms with van der Waals surface area (Å²) in [5.41, 5.74) is 8.04. The number of hydrogen-bond donors (Lipinski definition) is 1. The highest BCUT2D eigenvalue weighted by molar-refractivity contribution is 4.69. The third-order valence-electron chi connectivity index (χ3n) is 1.17. The van der Waals surface area contributed by atoms with Crippen LogP contribution in [0.2, 0.25) is 0 Å². The van der Waals surface area contributed by atoms with Gasteiger partial charge in [0.2, 0.25) is 0 Å². The van der Waals surface area contributed by atoms with Gasteiger partial charge in [-0.25, -0.2) is 0 Å². The van der Waals surface area contributed by atoms with E-state index >= 15 is 0 Å². The SMILES string of the molecule is COC(OC)C(CO)N=[N+]=[N-]. The lowest BCUT2D eigenvalue weighted by molar-refractivity contribution is -0.122. The van der Waals surface area contributed by atoms with E-state index in [-0.39, 0.29) is 6.61 Å². The van der Waals surface area contributed by atoms with Crippen LogP contribution in [-0.2, 0) is 9.47 Å². The second kappa shape index (κ2) is 5.94. The zero-order valence-corrected chi connectivity index (χ0v) is 6.47. The Balaban J connectivity index is 4.08. The monoisotopic (exact) mass is 161 g/mol. The van der Waals surface area contributed by atoms with Gasteiger partial charge in [0.25, 0.3) is 0 Å². The van der Waals surface area contributed by atoms with E-state index in [9.17, 15) is 0 Å². The fraction of sp³-hybridized carbons (Fsp3) is 1.00. The average Bonchev–Trinajstić information content (AvgIpc) is 2.05. The van der Waals surface area contributed by atoms with Gasteiger partial charge in [-0.3, -0.25) is 0 Å². The number of methoxy groups -OCH3 is 2. The quantitative estimate of drug-likeness (QED) is 0.272. The summed E-state index contributed by atoms with van der Waals surface area (Å²) in [6.07, 6.45) is -0.684. The van der Waals surface area contributed by atoms with Crippen molar-refractivity contribution in [3.8, 4) is 0 Å². The molecule has 0 aliphatic heterocycles. The average molecular weight is 161 g/mol. The van der Waals surface area contributed by atoms with Crippen molar-refractivity contribution in [1.29, 1.82) is 0 Å². The molecular formula is C5H11N3O3. The highest BCUT2D eigenvalue weighted by Gasteiger charge is 2.17. The van der Waals surface area contributed by atoms with E-state index in [0.29, 0.717) is 0 Å². The maximum atomic E-state index is 8.66. The summed E-state index contributed by atoms with van der Waals surface area (Å²) in [6, 6.07) is -0.685. The highest BCUT2D eigenvalue weighted by Crippen LogP contribution is 2.03. The number of aliphatic hydroxyl groups is 1. The Morgan fingerprint density at radius 2 is 2.09 bits per heavy atom. The molecule has 0 heterocycles. The second-order valence-corrected chi connectivity index (χ2v) is 1.79. The maximum absolute atomic E-state index is 8.66. The number of azide groups is 1. The Kier molecular flexibility index (Phi) is 5.50. The molecular weight excluding hydrogens is 150 g/mol. The van der Waals surface area contributed by atoms with Crippen LogP contribution < -0.4 is 0 Å². The van der Waals surface area contributed by atoms with E-state index in [1.165, 1.54) is 14.2 Å². The standard InChI is InChI=1S/C5H11N3O3/c1-10-5(11-2)4(3-9)7-8-6/h4-5,9H,3H2,1-2H3. The molecule has 6 nitrogen and oxygen atoms in total. The van der Waals surface area contributed by atoms with Crippen molar-refractivity contribution >= 4 is 0 Å². The van der Waals surface area contributed by atoms with Crippen LogP contribution in [0.4, 0.5) is 0 Å². The van der Waals surface area contributed by atoms with Gasteiger partial charge in [0, 0.05) is 19.1 Å². The van der Waals surface area contributed by atoms with Gasteiger partial charge in [0.15, 0.2) is 6.29 Å². The summed E-state index contributed by atoms with van der Waals surface area (Å²) >= 11 is 0. The van der Waals surface area contributed by atoms with E-state index in [4.69, 9.17) is 20.1 Å². The molecule has 0 bridgehead atoms. The first-order valence-electron chi connectivity index (χ1n) is 3.00. The number of hydrogen-bond acceptors (Lipinski definition) is 4. The number of aliphatic hydroxyl groups excluding tert-OH is 1. The molecule has 1 N–H and O–H groups in total. The van der Waals surface area contributed by atoms with E-state index in [1.807, 2.05) is 0 Å². The zero-order valence-electron chi connectivity index (χ0n) is 6.47. The molecule has 1 unspecified atom stereocenters. The lowest BCUT2D eigenvalue weighted by Gasteiger charge is -2.17. The van der Waals surface area contributed by atoms with Crippen LogP contribution in [0.15, 0.2) is 5.11 Å². The lowest BCUT2D eigenvalue weighted by atomic mass is 10.3. The smallest absolute Gasteiger partial charge is 0.167 e. The molecule has 0 radical (unpaired) electrons. The van der Waals surface area contributed by atoms with Gasteiger partial charge in [-0.2, -0.15) is 0 Å². The molecule has 0 aromatic rings. The van der Waals surface area contributed by atoms with E-state index in [0.717, 1.165) is 0 Å². The highest BCUT2D eigenvalue weighted by atomic mass is 16.7. The minimum Gasteiger partial charge on any atom is -0.396 e. The van der Waals surface area contributed by atoms with Gasteiger partial charge in [0.05, 0.1) is 6.61 Å².